The van der Waals surface area contributed by atoms with Crippen molar-refractivity contribution in [2.45, 2.75) is 38.1 Å². The van der Waals surface area contributed by atoms with Gasteiger partial charge in [-0.2, -0.15) is 0 Å². The monoisotopic (exact) mass is 367 g/mol. The van der Waals surface area contributed by atoms with Gasteiger partial charge in [0.25, 0.3) is 0 Å². The van der Waals surface area contributed by atoms with E-state index in [4.69, 9.17) is 4.74 Å². The summed E-state index contributed by atoms with van der Waals surface area (Å²) in [6.45, 7) is 7.01. The maximum Gasteiger partial charge on any atom is 0.126 e. The molecule has 0 radical (unpaired) electrons. The molecule has 4 nitrogen and oxygen atoms in total. The summed E-state index contributed by atoms with van der Waals surface area (Å²) in [4.78, 5) is 5.36. The third-order valence-electron chi connectivity index (χ3n) is 6.34. The number of ether oxygens (including phenoxy) is 1. The Kier molecular flexibility index (Phi) is 6.15. The molecule has 0 atom stereocenters. The van der Waals surface area contributed by atoms with Crippen molar-refractivity contribution in [3.8, 4) is 5.75 Å². The van der Waals surface area contributed by atoms with Gasteiger partial charge in [0.1, 0.15) is 5.75 Å². The van der Waals surface area contributed by atoms with E-state index in [9.17, 15) is 0 Å². The van der Waals surface area contributed by atoms with E-state index in [2.05, 4.69) is 45.4 Å². The minimum Gasteiger partial charge on any atom is -0.496 e. The molecule has 146 valence electrons. The first-order chi connectivity index (χ1) is 13.3. The number of hydrogen-bond donors (Lipinski definition) is 1. The molecular formula is C23H33N3O. The normalized spacial score (nSPS) is 20.0. The topological polar surface area (TPSA) is 27.7 Å². The highest BCUT2D eigenvalue weighted by atomic mass is 16.5. The third-order valence-corrected chi connectivity index (χ3v) is 6.34. The van der Waals surface area contributed by atoms with E-state index in [1.165, 1.54) is 74.7 Å². The number of rotatable bonds is 6. The summed E-state index contributed by atoms with van der Waals surface area (Å²) in [7, 11) is 1.74. The van der Waals surface area contributed by atoms with Crippen LogP contribution in [0.1, 0.15) is 32.1 Å². The van der Waals surface area contributed by atoms with Crippen molar-refractivity contribution >= 4 is 16.5 Å². The van der Waals surface area contributed by atoms with Gasteiger partial charge in [-0.1, -0.05) is 43.5 Å². The van der Waals surface area contributed by atoms with E-state index in [1.54, 1.807) is 7.11 Å². The van der Waals surface area contributed by atoms with Gasteiger partial charge in [0.15, 0.2) is 0 Å². The molecule has 1 saturated heterocycles. The number of hydrogen-bond acceptors (Lipinski definition) is 4. The molecule has 4 rings (SSSR count). The van der Waals surface area contributed by atoms with Gasteiger partial charge in [0.2, 0.25) is 0 Å². The van der Waals surface area contributed by atoms with Gasteiger partial charge >= 0.3 is 0 Å². The molecule has 1 saturated carbocycles. The molecule has 2 aliphatic rings. The van der Waals surface area contributed by atoms with Gasteiger partial charge in [0.05, 0.1) is 7.11 Å². The van der Waals surface area contributed by atoms with Crippen LogP contribution in [0.3, 0.4) is 0 Å². The summed E-state index contributed by atoms with van der Waals surface area (Å²) < 4.78 is 5.50. The Morgan fingerprint density at radius 2 is 1.67 bits per heavy atom. The average molecular weight is 368 g/mol. The Morgan fingerprint density at radius 3 is 2.44 bits per heavy atom. The highest BCUT2D eigenvalue weighted by molar-refractivity contribution is 5.97. The minimum atomic E-state index is 0.865. The summed E-state index contributed by atoms with van der Waals surface area (Å²) in [6, 6.07) is 13.5. The molecule has 4 heteroatoms. The van der Waals surface area contributed by atoms with Crippen LogP contribution in [0.4, 0.5) is 5.69 Å². The Bertz CT molecular complexity index is 733. The standard InChI is InChI=1S/C23H33N3O/c1-27-23-12-6-9-20-21(23)10-5-11-22(20)24-13-14-25-15-17-26(18-16-25)19-7-3-2-4-8-19/h5-6,9-12,19,24H,2-4,7-8,13-18H2,1H3. The fraction of sp³-hybridized carbons (Fsp3) is 0.565. The maximum absolute atomic E-state index is 5.50. The second-order valence-corrected chi connectivity index (χ2v) is 7.96. The first-order valence-electron chi connectivity index (χ1n) is 10.6. The molecule has 1 aliphatic carbocycles. The number of piperazine rings is 1. The predicted octanol–water partition coefficient (Wildman–Crippen LogP) is 4.21. The summed E-state index contributed by atoms with van der Waals surface area (Å²) in [5.41, 5.74) is 1.20. The van der Waals surface area contributed by atoms with Gasteiger partial charge in [-0.05, 0) is 25.0 Å². The van der Waals surface area contributed by atoms with Crippen LogP contribution in [0.15, 0.2) is 36.4 Å². The summed E-state index contributed by atoms with van der Waals surface area (Å²) in [5, 5.41) is 6.06. The van der Waals surface area contributed by atoms with Crippen molar-refractivity contribution in [3.05, 3.63) is 36.4 Å². The Balaban J connectivity index is 1.28. The Labute approximate surface area is 163 Å². The number of benzene rings is 2. The van der Waals surface area contributed by atoms with Crippen LogP contribution in [-0.4, -0.2) is 62.2 Å². The second-order valence-electron chi connectivity index (χ2n) is 7.96. The maximum atomic E-state index is 5.50. The number of methoxy groups -OCH3 is 1. The van der Waals surface area contributed by atoms with Gasteiger partial charge in [-0.15, -0.1) is 0 Å². The van der Waals surface area contributed by atoms with Crippen LogP contribution in [0, 0.1) is 0 Å². The molecule has 2 fully saturated rings. The highest BCUT2D eigenvalue weighted by Gasteiger charge is 2.24. The molecule has 1 aliphatic heterocycles. The smallest absolute Gasteiger partial charge is 0.126 e. The van der Waals surface area contributed by atoms with Crippen molar-refractivity contribution in [3.63, 3.8) is 0 Å². The van der Waals surface area contributed by atoms with E-state index in [0.29, 0.717) is 0 Å². The quantitative estimate of drug-likeness (QED) is 0.828. The van der Waals surface area contributed by atoms with Gasteiger partial charge in [-0.25, -0.2) is 0 Å². The van der Waals surface area contributed by atoms with E-state index in [-0.39, 0.29) is 0 Å². The lowest BCUT2D eigenvalue weighted by Crippen LogP contribution is -2.51. The first kappa shape index (κ1) is 18.6. The van der Waals surface area contributed by atoms with E-state index >= 15 is 0 Å². The van der Waals surface area contributed by atoms with Crippen LogP contribution in [0.25, 0.3) is 10.8 Å². The lowest BCUT2D eigenvalue weighted by atomic mass is 9.94. The fourth-order valence-corrected chi connectivity index (χ4v) is 4.76. The lowest BCUT2D eigenvalue weighted by molar-refractivity contribution is 0.0810. The molecule has 2 aromatic carbocycles. The molecule has 2 aromatic rings. The molecule has 0 amide bonds. The number of fused-ring (bicyclic) bond motifs is 1. The zero-order valence-corrected chi connectivity index (χ0v) is 16.6. The number of anilines is 1. The minimum absolute atomic E-state index is 0.865. The van der Waals surface area contributed by atoms with Crippen molar-refractivity contribution in [2.75, 3.05) is 51.7 Å². The number of nitrogens with one attached hydrogen (secondary N) is 1. The predicted molar refractivity (Wildman–Crippen MR) is 114 cm³/mol. The van der Waals surface area contributed by atoms with Crippen molar-refractivity contribution in [1.29, 1.82) is 0 Å². The van der Waals surface area contributed by atoms with Gasteiger partial charge in [-0.3, -0.25) is 9.80 Å². The number of nitrogens with zero attached hydrogens (tertiary/aromatic N) is 2. The van der Waals surface area contributed by atoms with Crippen molar-refractivity contribution < 1.29 is 4.74 Å². The third kappa shape index (κ3) is 4.39. The molecule has 0 aromatic heterocycles. The van der Waals surface area contributed by atoms with Gasteiger partial charge in [0, 0.05) is 61.8 Å². The Morgan fingerprint density at radius 1 is 0.926 bits per heavy atom. The van der Waals surface area contributed by atoms with Crippen molar-refractivity contribution in [2.24, 2.45) is 0 Å². The average Bonchev–Trinajstić information content (AvgIpc) is 2.74. The van der Waals surface area contributed by atoms with Crippen molar-refractivity contribution in [1.82, 2.24) is 9.80 Å². The molecule has 0 bridgehead atoms. The van der Waals surface area contributed by atoms with Crippen LogP contribution in [-0.2, 0) is 0 Å². The van der Waals surface area contributed by atoms with E-state index in [0.717, 1.165) is 24.9 Å². The highest BCUT2D eigenvalue weighted by Crippen LogP contribution is 2.30. The molecule has 1 N–H and O–H groups in total. The second kappa shape index (κ2) is 8.94. The zero-order chi connectivity index (χ0) is 18.5. The van der Waals surface area contributed by atoms with E-state index < -0.39 is 0 Å². The van der Waals surface area contributed by atoms with Gasteiger partial charge < -0.3 is 10.1 Å². The van der Waals surface area contributed by atoms with Crippen LogP contribution >= 0.6 is 0 Å². The zero-order valence-electron chi connectivity index (χ0n) is 16.6. The summed E-state index contributed by atoms with van der Waals surface area (Å²) in [6.07, 6.45) is 7.16. The summed E-state index contributed by atoms with van der Waals surface area (Å²) in [5.74, 6) is 0.940. The molecule has 0 spiro atoms. The van der Waals surface area contributed by atoms with E-state index in [1.807, 2.05) is 6.07 Å². The van der Waals surface area contributed by atoms with Crippen LogP contribution in [0.2, 0.25) is 0 Å². The fourth-order valence-electron chi connectivity index (χ4n) is 4.76. The summed E-state index contributed by atoms with van der Waals surface area (Å²) >= 11 is 0. The molecule has 0 unspecified atom stereocenters. The lowest BCUT2D eigenvalue weighted by Gasteiger charge is -2.40. The molecular weight excluding hydrogens is 334 g/mol. The first-order valence-corrected chi connectivity index (χ1v) is 10.6. The Hall–Kier alpha value is -1.78. The van der Waals surface area contributed by atoms with Crippen LogP contribution < -0.4 is 10.1 Å². The largest absolute Gasteiger partial charge is 0.496 e. The molecule has 27 heavy (non-hydrogen) atoms. The SMILES string of the molecule is COc1cccc2c(NCCN3CCN(C4CCCCC4)CC3)cccc12. The molecule has 1 heterocycles. The van der Waals surface area contributed by atoms with Crippen LogP contribution in [0.5, 0.6) is 5.75 Å².